The Morgan fingerprint density at radius 3 is 2.42 bits per heavy atom. The molecule has 126 valence electrons. The summed E-state index contributed by atoms with van der Waals surface area (Å²) in [7, 11) is 0. The summed E-state index contributed by atoms with van der Waals surface area (Å²) in [6.45, 7) is 7.83. The zero-order chi connectivity index (χ0) is 17.9. The van der Waals surface area contributed by atoms with Gasteiger partial charge in [0.15, 0.2) is 5.78 Å². The van der Waals surface area contributed by atoms with Crippen molar-refractivity contribution < 1.29 is 19.4 Å². The number of ether oxygens (including phenoxy) is 1. The predicted octanol–water partition coefficient (Wildman–Crippen LogP) is 4.23. The number of phenols is 1. The van der Waals surface area contributed by atoms with Gasteiger partial charge in [0.1, 0.15) is 5.75 Å². The molecular weight excluding hydrogens is 304 g/mol. The summed E-state index contributed by atoms with van der Waals surface area (Å²) in [5.41, 5.74) is 2.65. The molecule has 24 heavy (non-hydrogen) atoms. The van der Waals surface area contributed by atoms with Gasteiger partial charge in [0.2, 0.25) is 0 Å². The van der Waals surface area contributed by atoms with Crippen LogP contribution in [0.5, 0.6) is 5.75 Å². The molecule has 1 N–H and O–H groups in total. The van der Waals surface area contributed by atoms with E-state index < -0.39 is 5.97 Å². The lowest BCUT2D eigenvalue weighted by atomic mass is 9.94. The molecular formula is C20H22O4. The summed E-state index contributed by atoms with van der Waals surface area (Å²) >= 11 is 0. The third-order valence-corrected chi connectivity index (χ3v) is 3.93. The highest BCUT2D eigenvalue weighted by Crippen LogP contribution is 2.26. The van der Waals surface area contributed by atoms with Gasteiger partial charge in [-0.05, 0) is 49.1 Å². The van der Waals surface area contributed by atoms with Crippen LogP contribution in [-0.4, -0.2) is 23.5 Å². The quantitative estimate of drug-likeness (QED) is 0.659. The van der Waals surface area contributed by atoms with Gasteiger partial charge in [-0.15, -0.1) is 0 Å². The summed E-state index contributed by atoms with van der Waals surface area (Å²) in [6, 6.07) is 9.92. The zero-order valence-electron chi connectivity index (χ0n) is 14.4. The summed E-state index contributed by atoms with van der Waals surface area (Å²) in [5.74, 6) is -0.599. The Morgan fingerprint density at radius 1 is 1.08 bits per heavy atom. The molecule has 0 aliphatic rings. The number of benzene rings is 2. The van der Waals surface area contributed by atoms with E-state index in [1.807, 2.05) is 13.8 Å². The van der Waals surface area contributed by atoms with Crippen LogP contribution in [0, 0.1) is 6.92 Å². The molecule has 2 aromatic carbocycles. The van der Waals surface area contributed by atoms with E-state index in [9.17, 15) is 14.7 Å². The SMILES string of the molecule is CCOC(=O)c1cc(C(=O)c2cc(C(C)C)ccc2O)ccc1C. The van der Waals surface area contributed by atoms with E-state index in [1.54, 1.807) is 38.1 Å². The van der Waals surface area contributed by atoms with Crippen molar-refractivity contribution in [2.45, 2.75) is 33.6 Å². The van der Waals surface area contributed by atoms with Crippen molar-refractivity contribution >= 4 is 11.8 Å². The highest BCUT2D eigenvalue weighted by atomic mass is 16.5. The molecule has 0 radical (unpaired) electrons. The smallest absolute Gasteiger partial charge is 0.338 e. The number of hydrogen-bond acceptors (Lipinski definition) is 4. The Kier molecular flexibility index (Phi) is 5.39. The first kappa shape index (κ1) is 17.7. The molecule has 0 amide bonds. The monoisotopic (exact) mass is 326 g/mol. The molecule has 4 heteroatoms. The minimum atomic E-state index is -0.454. The van der Waals surface area contributed by atoms with Crippen molar-refractivity contribution in [3.8, 4) is 5.75 Å². The molecule has 0 atom stereocenters. The third kappa shape index (κ3) is 3.65. The molecule has 0 bridgehead atoms. The van der Waals surface area contributed by atoms with Crippen molar-refractivity contribution in [3.63, 3.8) is 0 Å². The highest BCUT2D eigenvalue weighted by Gasteiger charge is 2.18. The number of hydrogen-bond donors (Lipinski definition) is 1. The number of carbonyl (C=O) groups is 2. The fourth-order valence-electron chi connectivity index (χ4n) is 2.44. The largest absolute Gasteiger partial charge is 0.507 e. The van der Waals surface area contributed by atoms with Gasteiger partial charge in [0.25, 0.3) is 0 Å². The average Bonchev–Trinajstić information content (AvgIpc) is 2.55. The second kappa shape index (κ2) is 7.30. The molecule has 2 rings (SSSR count). The van der Waals surface area contributed by atoms with Gasteiger partial charge in [0, 0.05) is 5.56 Å². The maximum atomic E-state index is 12.8. The van der Waals surface area contributed by atoms with Crippen LogP contribution in [-0.2, 0) is 4.74 Å². The van der Waals surface area contributed by atoms with Crippen molar-refractivity contribution in [1.29, 1.82) is 0 Å². The third-order valence-electron chi connectivity index (χ3n) is 3.93. The number of phenolic OH excluding ortho intramolecular Hbond substituents is 1. The molecule has 0 aromatic heterocycles. The number of rotatable bonds is 5. The standard InChI is InChI=1S/C20H22O4/c1-5-24-20(23)16-11-15(7-6-13(16)4)19(22)17-10-14(12(2)3)8-9-18(17)21/h6-12,21H,5H2,1-4H3. The Hall–Kier alpha value is -2.62. The van der Waals surface area contributed by atoms with Gasteiger partial charge < -0.3 is 9.84 Å². The highest BCUT2D eigenvalue weighted by molar-refractivity contribution is 6.11. The first-order chi connectivity index (χ1) is 11.3. The maximum Gasteiger partial charge on any atom is 0.338 e. The van der Waals surface area contributed by atoms with Crippen LogP contribution in [0.4, 0.5) is 0 Å². The van der Waals surface area contributed by atoms with Gasteiger partial charge in [-0.25, -0.2) is 4.79 Å². The molecule has 0 heterocycles. The van der Waals surface area contributed by atoms with Crippen molar-refractivity contribution in [3.05, 3.63) is 64.2 Å². The molecule has 0 saturated carbocycles. The lowest BCUT2D eigenvalue weighted by molar-refractivity contribution is 0.0525. The van der Waals surface area contributed by atoms with E-state index in [0.29, 0.717) is 11.1 Å². The Bertz CT molecular complexity index is 775. The Morgan fingerprint density at radius 2 is 1.79 bits per heavy atom. The van der Waals surface area contributed by atoms with E-state index in [4.69, 9.17) is 4.74 Å². The second-order valence-corrected chi connectivity index (χ2v) is 6.01. The summed E-state index contributed by atoms with van der Waals surface area (Å²) in [4.78, 5) is 24.8. The van der Waals surface area contributed by atoms with Gasteiger partial charge in [0.05, 0.1) is 17.7 Å². The zero-order valence-corrected chi connectivity index (χ0v) is 14.4. The van der Waals surface area contributed by atoms with Crippen molar-refractivity contribution in [2.75, 3.05) is 6.61 Å². The van der Waals surface area contributed by atoms with Crippen LogP contribution in [0.1, 0.15) is 64.1 Å². The summed E-state index contributed by atoms with van der Waals surface area (Å²) in [6.07, 6.45) is 0. The van der Waals surface area contributed by atoms with E-state index >= 15 is 0 Å². The number of carbonyl (C=O) groups excluding carboxylic acids is 2. The molecule has 0 unspecified atom stereocenters. The van der Waals surface area contributed by atoms with Gasteiger partial charge >= 0.3 is 5.97 Å². The molecule has 0 aliphatic carbocycles. The van der Waals surface area contributed by atoms with E-state index in [2.05, 4.69) is 0 Å². The molecule has 4 nitrogen and oxygen atoms in total. The van der Waals surface area contributed by atoms with Crippen molar-refractivity contribution in [1.82, 2.24) is 0 Å². The van der Waals surface area contributed by atoms with Crippen LogP contribution in [0.25, 0.3) is 0 Å². The van der Waals surface area contributed by atoms with E-state index in [-0.39, 0.29) is 29.6 Å². The van der Waals surface area contributed by atoms with Gasteiger partial charge in [-0.2, -0.15) is 0 Å². The number of esters is 1. The number of aromatic hydroxyl groups is 1. The van der Waals surface area contributed by atoms with E-state index in [0.717, 1.165) is 11.1 Å². The molecule has 0 saturated heterocycles. The average molecular weight is 326 g/mol. The summed E-state index contributed by atoms with van der Waals surface area (Å²) < 4.78 is 5.02. The van der Waals surface area contributed by atoms with Crippen LogP contribution < -0.4 is 0 Å². The normalized spacial score (nSPS) is 10.7. The van der Waals surface area contributed by atoms with Gasteiger partial charge in [-0.3, -0.25) is 4.79 Å². The number of ketones is 1. The summed E-state index contributed by atoms with van der Waals surface area (Å²) in [5, 5.41) is 10.1. The van der Waals surface area contributed by atoms with Crippen LogP contribution in [0.2, 0.25) is 0 Å². The van der Waals surface area contributed by atoms with Crippen LogP contribution in [0.3, 0.4) is 0 Å². The first-order valence-corrected chi connectivity index (χ1v) is 8.00. The topological polar surface area (TPSA) is 63.6 Å². The molecule has 2 aromatic rings. The maximum absolute atomic E-state index is 12.8. The second-order valence-electron chi connectivity index (χ2n) is 6.01. The molecule has 0 spiro atoms. The number of aryl methyl sites for hydroxylation is 1. The van der Waals surface area contributed by atoms with Crippen molar-refractivity contribution in [2.24, 2.45) is 0 Å². The fraction of sp³-hybridized carbons (Fsp3) is 0.300. The van der Waals surface area contributed by atoms with Crippen LogP contribution >= 0.6 is 0 Å². The fourth-order valence-corrected chi connectivity index (χ4v) is 2.44. The Balaban J connectivity index is 2.45. The Labute approximate surface area is 142 Å². The first-order valence-electron chi connectivity index (χ1n) is 8.00. The minimum absolute atomic E-state index is 0.0670. The predicted molar refractivity (Wildman–Crippen MR) is 92.8 cm³/mol. The molecule has 0 aliphatic heterocycles. The van der Waals surface area contributed by atoms with E-state index in [1.165, 1.54) is 12.1 Å². The van der Waals surface area contributed by atoms with Crippen LogP contribution in [0.15, 0.2) is 36.4 Å². The minimum Gasteiger partial charge on any atom is -0.507 e. The molecule has 0 fully saturated rings. The van der Waals surface area contributed by atoms with Gasteiger partial charge in [-0.1, -0.05) is 32.0 Å². The lowest BCUT2D eigenvalue weighted by Gasteiger charge is -2.11. The lowest BCUT2D eigenvalue weighted by Crippen LogP contribution is -2.10.